The van der Waals surface area contributed by atoms with Crippen LogP contribution >= 0.6 is 0 Å². The monoisotopic (exact) mass is 377 g/mol. The molecule has 0 saturated carbocycles. The summed E-state index contributed by atoms with van der Waals surface area (Å²) < 4.78 is 35.8. The first kappa shape index (κ1) is 17.4. The molecule has 2 aliphatic heterocycles. The molecular formula is C17H23N5O3S. The third kappa shape index (κ3) is 2.80. The molecule has 0 amide bonds. The molecule has 2 aliphatic rings. The van der Waals surface area contributed by atoms with Gasteiger partial charge in [-0.25, -0.2) is 8.42 Å². The Morgan fingerprint density at radius 1 is 1.27 bits per heavy atom. The predicted octanol–water partition coefficient (Wildman–Crippen LogP) is 1.22. The molecule has 9 heteroatoms. The highest BCUT2D eigenvalue weighted by Crippen LogP contribution is 2.38. The molecule has 2 aromatic rings. The Morgan fingerprint density at radius 2 is 2.12 bits per heavy atom. The average molecular weight is 377 g/mol. The molecule has 1 N–H and O–H groups in total. The van der Waals surface area contributed by atoms with E-state index in [0.717, 1.165) is 43.1 Å². The van der Waals surface area contributed by atoms with Gasteiger partial charge in [0, 0.05) is 19.6 Å². The topological polar surface area (TPSA) is 89.4 Å². The fourth-order valence-electron chi connectivity index (χ4n) is 3.76. The molecular weight excluding hydrogens is 354 g/mol. The van der Waals surface area contributed by atoms with Gasteiger partial charge in [-0.15, -0.1) is 10.2 Å². The number of nitrogens with zero attached hydrogens (tertiary/aromatic N) is 4. The smallest absolute Gasteiger partial charge is 0.247 e. The van der Waals surface area contributed by atoms with Crippen LogP contribution in [0.3, 0.4) is 0 Å². The Balaban J connectivity index is 1.75. The zero-order valence-electron chi connectivity index (χ0n) is 15.0. The molecule has 8 nitrogen and oxygen atoms in total. The second-order valence-electron chi connectivity index (χ2n) is 6.73. The van der Waals surface area contributed by atoms with E-state index in [0.29, 0.717) is 18.8 Å². The minimum absolute atomic E-state index is 0.215. The van der Waals surface area contributed by atoms with Crippen molar-refractivity contribution in [1.82, 2.24) is 24.4 Å². The second-order valence-corrected chi connectivity index (χ2v) is 8.59. The number of methoxy groups -OCH3 is 1. The summed E-state index contributed by atoms with van der Waals surface area (Å²) in [6.07, 6.45) is 1.55. The molecule has 3 heterocycles. The molecule has 1 unspecified atom stereocenters. The maximum Gasteiger partial charge on any atom is 0.247 e. The largest absolute Gasteiger partial charge is 0.495 e. The second kappa shape index (κ2) is 6.64. The minimum atomic E-state index is -3.69. The lowest BCUT2D eigenvalue weighted by molar-refractivity contribution is 0.359. The first-order valence-corrected chi connectivity index (χ1v) is 10.3. The minimum Gasteiger partial charge on any atom is -0.495 e. The summed E-state index contributed by atoms with van der Waals surface area (Å²) in [5.74, 6) is 1.98. The van der Waals surface area contributed by atoms with Gasteiger partial charge < -0.3 is 14.6 Å². The van der Waals surface area contributed by atoms with Crippen molar-refractivity contribution in [3.8, 4) is 5.75 Å². The van der Waals surface area contributed by atoms with Crippen molar-refractivity contribution in [2.45, 2.75) is 43.8 Å². The first-order chi connectivity index (χ1) is 12.5. The highest BCUT2D eigenvalue weighted by atomic mass is 32.2. The van der Waals surface area contributed by atoms with E-state index in [-0.39, 0.29) is 10.9 Å². The van der Waals surface area contributed by atoms with Crippen LogP contribution in [0.15, 0.2) is 23.1 Å². The summed E-state index contributed by atoms with van der Waals surface area (Å²) in [5, 5.41) is 11.8. The standard InChI is InChI=1S/C17H23N5O3S/c1-12-5-6-14(25-2)15(10-12)26(23,24)22-8-3-4-13(22)17-20-19-16-11-18-7-9-21(16)17/h5-6,10,13,18H,3-4,7-9,11H2,1-2H3. The van der Waals surface area contributed by atoms with Crippen LogP contribution in [0.4, 0.5) is 0 Å². The molecule has 1 aromatic heterocycles. The van der Waals surface area contributed by atoms with Crippen LogP contribution in [0.5, 0.6) is 5.75 Å². The first-order valence-electron chi connectivity index (χ1n) is 8.81. The summed E-state index contributed by atoms with van der Waals surface area (Å²) in [4.78, 5) is 0.215. The number of aryl methyl sites for hydroxylation is 1. The van der Waals surface area contributed by atoms with Gasteiger partial charge in [-0.1, -0.05) is 6.07 Å². The van der Waals surface area contributed by atoms with Crippen molar-refractivity contribution in [3.05, 3.63) is 35.4 Å². The fraction of sp³-hybridized carbons (Fsp3) is 0.529. The third-order valence-corrected chi connectivity index (χ3v) is 6.99. The van der Waals surface area contributed by atoms with Gasteiger partial charge in [-0.3, -0.25) is 0 Å². The van der Waals surface area contributed by atoms with Gasteiger partial charge in [0.15, 0.2) is 5.82 Å². The molecule has 0 aliphatic carbocycles. The summed E-state index contributed by atoms with van der Waals surface area (Å²) in [7, 11) is -2.20. The van der Waals surface area contributed by atoms with Gasteiger partial charge in [0.1, 0.15) is 16.5 Å². The Bertz CT molecular complexity index is 924. The van der Waals surface area contributed by atoms with Gasteiger partial charge in [0.05, 0.1) is 19.7 Å². The van der Waals surface area contributed by atoms with E-state index in [2.05, 4.69) is 20.1 Å². The molecule has 0 bridgehead atoms. The zero-order chi connectivity index (χ0) is 18.3. The number of aromatic nitrogens is 3. The number of nitrogens with one attached hydrogen (secondary N) is 1. The molecule has 1 fully saturated rings. The maximum atomic E-state index is 13.4. The SMILES string of the molecule is COc1ccc(C)cc1S(=O)(=O)N1CCCC1c1nnc2n1CCNC2. The molecule has 140 valence electrons. The van der Waals surface area contributed by atoms with Crippen LogP contribution in [0.25, 0.3) is 0 Å². The summed E-state index contributed by atoms with van der Waals surface area (Å²) >= 11 is 0. The van der Waals surface area contributed by atoms with Crippen LogP contribution in [0.1, 0.15) is 36.1 Å². The quantitative estimate of drug-likeness (QED) is 0.862. The Kier molecular flexibility index (Phi) is 4.45. The van der Waals surface area contributed by atoms with Gasteiger partial charge in [0.2, 0.25) is 10.0 Å². The fourth-order valence-corrected chi connectivity index (χ4v) is 5.66. The van der Waals surface area contributed by atoms with Crippen LogP contribution in [0.2, 0.25) is 0 Å². The van der Waals surface area contributed by atoms with Crippen molar-refractivity contribution in [1.29, 1.82) is 0 Å². The molecule has 1 aromatic carbocycles. The number of hydrogen-bond acceptors (Lipinski definition) is 6. The van der Waals surface area contributed by atoms with E-state index in [1.807, 2.05) is 13.0 Å². The van der Waals surface area contributed by atoms with Gasteiger partial charge in [-0.2, -0.15) is 4.31 Å². The van der Waals surface area contributed by atoms with Crippen LogP contribution in [-0.2, 0) is 23.1 Å². The number of benzene rings is 1. The van der Waals surface area contributed by atoms with Crippen molar-refractivity contribution in [2.75, 3.05) is 20.2 Å². The maximum absolute atomic E-state index is 13.4. The summed E-state index contributed by atoms with van der Waals surface area (Å²) in [6, 6.07) is 4.94. The zero-order valence-corrected chi connectivity index (χ0v) is 15.8. The van der Waals surface area contributed by atoms with Crippen molar-refractivity contribution >= 4 is 10.0 Å². The van der Waals surface area contributed by atoms with E-state index < -0.39 is 10.0 Å². The van der Waals surface area contributed by atoms with Crippen LogP contribution in [-0.4, -0.2) is 47.7 Å². The highest BCUT2D eigenvalue weighted by Gasteiger charge is 2.40. The third-order valence-electron chi connectivity index (χ3n) is 5.06. The van der Waals surface area contributed by atoms with Crippen molar-refractivity contribution in [3.63, 3.8) is 0 Å². The lowest BCUT2D eigenvalue weighted by Crippen LogP contribution is -2.34. The number of fused-ring (bicyclic) bond motifs is 1. The molecule has 1 saturated heterocycles. The number of ether oxygens (including phenoxy) is 1. The highest BCUT2D eigenvalue weighted by molar-refractivity contribution is 7.89. The van der Waals surface area contributed by atoms with Crippen molar-refractivity contribution in [2.24, 2.45) is 0 Å². The molecule has 0 spiro atoms. The Labute approximate surface area is 153 Å². The predicted molar refractivity (Wildman–Crippen MR) is 95.3 cm³/mol. The number of rotatable bonds is 4. The summed E-state index contributed by atoms with van der Waals surface area (Å²) in [5.41, 5.74) is 0.881. The van der Waals surface area contributed by atoms with Crippen LogP contribution < -0.4 is 10.1 Å². The molecule has 0 radical (unpaired) electrons. The number of sulfonamides is 1. The van der Waals surface area contributed by atoms with E-state index in [1.54, 1.807) is 16.4 Å². The normalized spacial score (nSPS) is 20.9. The number of hydrogen-bond donors (Lipinski definition) is 1. The lowest BCUT2D eigenvalue weighted by atomic mass is 10.2. The van der Waals surface area contributed by atoms with E-state index >= 15 is 0 Å². The van der Waals surface area contributed by atoms with E-state index in [1.165, 1.54) is 7.11 Å². The molecule has 4 rings (SSSR count). The lowest BCUT2D eigenvalue weighted by Gasteiger charge is -2.26. The molecule has 26 heavy (non-hydrogen) atoms. The average Bonchev–Trinajstić information content (AvgIpc) is 3.28. The Morgan fingerprint density at radius 3 is 2.92 bits per heavy atom. The van der Waals surface area contributed by atoms with Crippen LogP contribution in [0, 0.1) is 6.92 Å². The molecule has 1 atom stereocenters. The van der Waals surface area contributed by atoms with Crippen molar-refractivity contribution < 1.29 is 13.2 Å². The van der Waals surface area contributed by atoms with E-state index in [9.17, 15) is 8.42 Å². The van der Waals surface area contributed by atoms with E-state index in [4.69, 9.17) is 4.74 Å². The van der Waals surface area contributed by atoms with Gasteiger partial charge in [-0.05, 0) is 37.5 Å². The van der Waals surface area contributed by atoms with Gasteiger partial charge >= 0.3 is 0 Å². The summed E-state index contributed by atoms with van der Waals surface area (Å²) in [6.45, 7) is 4.61. The Hall–Kier alpha value is -1.97. The van der Waals surface area contributed by atoms with Gasteiger partial charge in [0.25, 0.3) is 0 Å².